The number of carbonyl (C=O) groups is 4. The van der Waals surface area contributed by atoms with Gasteiger partial charge in [-0.25, -0.2) is 0 Å². The van der Waals surface area contributed by atoms with E-state index in [1.165, 1.54) is 0 Å². The Morgan fingerprint density at radius 3 is 0.926 bits per heavy atom. The van der Waals surface area contributed by atoms with Gasteiger partial charge in [0, 0.05) is 25.7 Å². The molecular formula is C42H68O12. The normalized spacial score (nSPS) is 44.0. The van der Waals surface area contributed by atoms with Gasteiger partial charge in [0.2, 0.25) is 0 Å². The second-order valence-corrected chi connectivity index (χ2v) is 17.0. The standard InChI is InChI=1S/C42H68O12/c1-9-29-21-33-13-17-35(51-33)25(5)39(43)47-24(4)20-32-12-16-38(50-32)28(8)42(46)54-30(10-2)22-34-14-18-36(52-34)26(6)40(44)48-23(3)19-31-11-15-37(49-31)27(7)41(45)53-29/h23-38H,9-22H2,1-8H3/t23-,24-,25+,26+,27-,28+,29+,30+,31?,32?,33?,34?,35?,36?,37?,38?/m1/s1. The molecule has 0 aliphatic carbocycles. The van der Waals surface area contributed by atoms with E-state index < -0.39 is 23.7 Å². The summed E-state index contributed by atoms with van der Waals surface area (Å²) >= 11 is 0. The second kappa shape index (κ2) is 19.7. The van der Waals surface area contributed by atoms with Crippen LogP contribution in [0.2, 0.25) is 0 Å². The molecule has 5 aliphatic rings. The Morgan fingerprint density at radius 1 is 0.389 bits per heavy atom. The summed E-state index contributed by atoms with van der Waals surface area (Å²) in [6.07, 6.45) is 6.72. The van der Waals surface area contributed by atoms with Crippen LogP contribution in [0, 0.1) is 23.7 Å². The lowest BCUT2D eigenvalue weighted by molar-refractivity contribution is -0.162. The smallest absolute Gasteiger partial charge is 0.311 e. The zero-order chi connectivity index (χ0) is 39.1. The molecule has 0 aromatic rings. The number of rotatable bonds is 2. The van der Waals surface area contributed by atoms with Crippen molar-refractivity contribution in [1.82, 2.24) is 0 Å². The van der Waals surface area contributed by atoms with Crippen LogP contribution in [0.1, 0.15) is 145 Å². The highest BCUT2D eigenvalue weighted by molar-refractivity contribution is 5.74. The Labute approximate surface area is 322 Å². The van der Waals surface area contributed by atoms with E-state index in [9.17, 15) is 19.2 Å². The second-order valence-electron chi connectivity index (χ2n) is 17.0. The fourth-order valence-corrected chi connectivity index (χ4v) is 8.88. The quantitative estimate of drug-likeness (QED) is 0.216. The SMILES string of the molecule is CC[C@H]1CC2CCC(O2)[C@H](C)C(=O)O[C@H](C)CC2CCC(O2)[C@@H](C)C(=O)O[C@@H](CC)CC2CCC(O2)[C@H](C)C(=O)O[C@H](C)CC2CCC(O2)[C@H](C)C(=O)O1. The third kappa shape index (κ3) is 11.4. The maximum atomic E-state index is 13.3. The summed E-state index contributed by atoms with van der Waals surface area (Å²) in [5, 5.41) is 0. The first-order valence-electron chi connectivity index (χ1n) is 21.2. The van der Waals surface area contributed by atoms with Crippen molar-refractivity contribution < 1.29 is 57.1 Å². The van der Waals surface area contributed by atoms with Crippen molar-refractivity contribution in [2.24, 2.45) is 23.7 Å². The average Bonchev–Trinajstić information content (AvgIpc) is 3.98. The Morgan fingerprint density at radius 2 is 0.648 bits per heavy atom. The summed E-state index contributed by atoms with van der Waals surface area (Å²) < 4.78 is 49.0. The zero-order valence-electron chi connectivity index (χ0n) is 34.0. The van der Waals surface area contributed by atoms with E-state index in [4.69, 9.17) is 37.9 Å². The number of hydrogen-bond donors (Lipinski definition) is 0. The van der Waals surface area contributed by atoms with Gasteiger partial charge in [0.05, 0.1) is 72.5 Å². The number of fused-ring (bicyclic) bond motifs is 8. The molecule has 16 atom stereocenters. The largest absolute Gasteiger partial charge is 0.462 e. The Hall–Kier alpha value is -2.28. The van der Waals surface area contributed by atoms with Crippen molar-refractivity contribution in [2.45, 2.75) is 219 Å². The van der Waals surface area contributed by atoms with E-state index in [-0.39, 0.29) is 97.1 Å². The van der Waals surface area contributed by atoms with Crippen molar-refractivity contribution in [1.29, 1.82) is 0 Å². The lowest BCUT2D eigenvalue weighted by Crippen LogP contribution is -2.34. The predicted octanol–water partition coefficient (Wildman–Crippen LogP) is 6.80. The Bertz CT molecular complexity index is 1160. The van der Waals surface area contributed by atoms with Gasteiger partial charge >= 0.3 is 23.9 Å². The van der Waals surface area contributed by atoms with Crippen molar-refractivity contribution in [3.63, 3.8) is 0 Å². The van der Waals surface area contributed by atoms with Gasteiger partial charge < -0.3 is 37.9 Å². The highest BCUT2D eigenvalue weighted by Crippen LogP contribution is 2.35. The third-order valence-corrected chi connectivity index (χ3v) is 12.6. The van der Waals surface area contributed by atoms with Crippen molar-refractivity contribution >= 4 is 23.9 Å². The van der Waals surface area contributed by atoms with Gasteiger partial charge in [-0.1, -0.05) is 13.8 Å². The molecule has 5 aliphatic heterocycles. The molecule has 0 saturated carbocycles. The van der Waals surface area contributed by atoms with Crippen LogP contribution in [0.5, 0.6) is 0 Å². The minimum atomic E-state index is -0.435. The molecule has 5 heterocycles. The first-order chi connectivity index (χ1) is 25.7. The molecular weight excluding hydrogens is 696 g/mol. The van der Waals surface area contributed by atoms with Crippen LogP contribution in [-0.4, -0.2) is 97.1 Å². The van der Waals surface area contributed by atoms with E-state index in [1.54, 1.807) is 0 Å². The van der Waals surface area contributed by atoms with Crippen molar-refractivity contribution in [2.75, 3.05) is 0 Å². The predicted molar refractivity (Wildman–Crippen MR) is 198 cm³/mol. The van der Waals surface area contributed by atoms with Crippen LogP contribution in [0.25, 0.3) is 0 Å². The highest BCUT2D eigenvalue weighted by Gasteiger charge is 2.41. The number of cyclic esters (lactones) is 4. The molecule has 308 valence electrons. The van der Waals surface area contributed by atoms with E-state index >= 15 is 0 Å². The molecule has 5 fully saturated rings. The van der Waals surface area contributed by atoms with Gasteiger partial charge in [0.1, 0.15) is 24.4 Å². The molecule has 8 bridgehead atoms. The molecule has 0 aromatic carbocycles. The third-order valence-electron chi connectivity index (χ3n) is 12.6. The van der Waals surface area contributed by atoms with Crippen molar-refractivity contribution in [3.8, 4) is 0 Å². The molecule has 0 N–H and O–H groups in total. The van der Waals surface area contributed by atoms with E-state index in [0.717, 1.165) is 51.4 Å². The minimum Gasteiger partial charge on any atom is -0.462 e. The molecule has 12 heteroatoms. The van der Waals surface area contributed by atoms with Crippen molar-refractivity contribution in [3.05, 3.63) is 0 Å². The molecule has 12 nitrogen and oxygen atoms in total. The average molecular weight is 765 g/mol. The molecule has 5 rings (SSSR count). The zero-order valence-corrected chi connectivity index (χ0v) is 34.0. The fourth-order valence-electron chi connectivity index (χ4n) is 8.88. The number of hydrogen-bond acceptors (Lipinski definition) is 12. The molecule has 0 aromatic heterocycles. The Balaban J connectivity index is 1.22. The topological polar surface area (TPSA) is 142 Å². The molecule has 0 amide bonds. The number of carbonyl (C=O) groups excluding carboxylic acids is 4. The van der Waals surface area contributed by atoms with Crippen LogP contribution in [0.3, 0.4) is 0 Å². The lowest BCUT2D eigenvalue weighted by Gasteiger charge is -2.26. The summed E-state index contributed by atoms with van der Waals surface area (Å²) in [6.45, 7) is 15.2. The van der Waals surface area contributed by atoms with Gasteiger partial charge in [0.25, 0.3) is 0 Å². The first-order valence-corrected chi connectivity index (χ1v) is 21.2. The summed E-state index contributed by atoms with van der Waals surface area (Å²) in [4.78, 5) is 53.0. The number of ether oxygens (including phenoxy) is 8. The molecule has 0 radical (unpaired) electrons. The van der Waals surface area contributed by atoms with Gasteiger partial charge in [-0.2, -0.15) is 0 Å². The van der Waals surface area contributed by atoms with Gasteiger partial charge in [-0.05, 0) is 106 Å². The maximum absolute atomic E-state index is 13.3. The van der Waals surface area contributed by atoms with Crippen LogP contribution in [0.15, 0.2) is 0 Å². The first kappa shape index (κ1) is 42.9. The summed E-state index contributed by atoms with van der Waals surface area (Å²) in [5.74, 6) is -2.88. The van der Waals surface area contributed by atoms with E-state index in [1.807, 2.05) is 55.4 Å². The highest BCUT2D eigenvalue weighted by atomic mass is 16.6. The van der Waals surface area contributed by atoms with Crippen LogP contribution < -0.4 is 0 Å². The van der Waals surface area contributed by atoms with Crippen LogP contribution in [0.4, 0.5) is 0 Å². The molecule has 8 unspecified atom stereocenters. The summed E-state index contributed by atoms with van der Waals surface area (Å²) in [5.41, 5.74) is 0. The van der Waals surface area contributed by atoms with Crippen LogP contribution in [-0.2, 0) is 57.1 Å². The van der Waals surface area contributed by atoms with E-state index in [0.29, 0.717) is 38.5 Å². The molecule has 54 heavy (non-hydrogen) atoms. The van der Waals surface area contributed by atoms with Gasteiger partial charge in [0.15, 0.2) is 0 Å². The summed E-state index contributed by atoms with van der Waals surface area (Å²) in [6, 6.07) is 0. The number of esters is 4. The monoisotopic (exact) mass is 764 g/mol. The maximum Gasteiger partial charge on any atom is 0.311 e. The van der Waals surface area contributed by atoms with E-state index in [2.05, 4.69) is 0 Å². The fraction of sp³-hybridized carbons (Fsp3) is 0.905. The summed E-state index contributed by atoms with van der Waals surface area (Å²) in [7, 11) is 0. The molecule has 0 spiro atoms. The molecule has 5 saturated heterocycles. The van der Waals surface area contributed by atoms with Gasteiger partial charge in [-0.15, -0.1) is 0 Å². The lowest BCUT2D eigenvalue weighted by atomic mass is 9.99. The Kier molecular flexibility index (Phi) is 15.7. The van der Waals surface area contributed by atoms with Crippen LogP contribution >= 0.6 is 0 Å². The minimum absolute atomic E-state index is 0.115. The van der Waals surface area contributed by atoms with Gasteiger partial charge in [-0.3, -0.25) is 19.2 Å².